The zero-order valence-electron chi connectivity index (χ0n) is 10.6. The number of carbonyl (C=O) groups excluding carboxylic acids is 1. The van der Waals surface area contributed by atoms with E-state index in [4.69, 9.17) is 10.5 Å². The van der Waals surface area contributed by atoms with E-state index in [0.29, 0.717) is 19.6 Å². The lowest BCUT2D eigenvalue weighted by Gasteiger charge is -2.06. The predicted octanol–water partition coefficient (Wildman–Crippen LogP) is 0.668. The number of carbonyl (C=O) groups is 1. The highest BCUT2D eigenvalue weighted by Crippen LogP contribution is 2.14. The van der Waals surface area contributed by atoms with Gasteiger partial charge < -0.3 is 15.8 Å². The van der Waals surface area contributed by atoms with Crippen molar-refractivity contribution in [3.8, 4) is 0 Å². The van der Waals surface area contributed by atoms with Crippen molar-refractivity contribution < 1.29 is 18.1 Å². The molecule has 0 aromatic heterocycles. The highest BCUT2D eigenvalue weighted by molar-refractivity contribution is 7.85. The van der Waals surface area contributed by atoms with Crippen LogP contribution < -0.4 is 11.1 Å². The van der Waals surface area contributed by atoms with Gasteiger partial charge >= 0.3 is 0 Å². The van der Waals surface area contributed by atoms with E-state index in [-0.39, 0.29) is 22.2 Å². The van der Waals surface area contributed by atoms with Gasteiger partial charge in [-0.05, 0) is 24.6 Å². The van der Waals surface area contributed by atoms with Gasteiger partial charge in [-0.3, -0.25) is 9.00 Å². The summed E-state index contributed by atoms with van der Waals surface area (Å²) in [6.45, 7) is 1.01. The number of benzene rings is 1. The average molecular weight is 288 g/mol. The van der Waals surface area contributed by atoms with E-state index < -0.39 is 16.6 Å². The van der Waals surface area contributed by atoms with Gasteiger partial charge in [0.25, 0.3) is 0 Å². The fourth-order valence-electron chi connectivity index (χ4n) is 1.35. The minimum atomic E-state index is -1.58. The largest absolute Gasteiger partial charge is 0.396 e. The van der Waals surface area contributed by atoms with Gasteiger partial charge in [0.1, 0.15) is 11.6 Å². The third-order valence-electron chi connectivity index (χ3n) is 2.34. The molecule has 106 valence electrons. The van der Waals surface area contributed by atoms with Crippen LogP contribution in [-0.2, 0) is 20.3 Å². The van der Waals surface area contributed by atoms with Crippen molar-refractivity contribution >= 4 is 22.4 Å². The number of rotatable bonds is 7. The number of amides is 1. The Labute approximate surface area is 113 Å². The minimum absolute atomic E-state index is 0.00947. The topological polar surface area (TPSA) is 81.4 Å². The zero-order chi connectivity index (χ0) is 14.3. The van der Waals surface area contributed by atoms with Gasteiger partial charge in [0, 0.05) is 25.2 Å². The summed E-state index contributed by atoms with van der Waals surface area (Å²) in [6.07, 6.45) is 0.686. The van der Waals surface area contributed by atoms with Gasteiger partial charge in [0.05, 0.1) is 16.5 Å². The van der Waals surface area contributed by atoms with Crippen LogP contribution in [0.1, 0.15) is 6.42 Å². The zero-order valence-corrected chi connectivity index (χ0v) is 11.5. The van der Waals surface area contributed by atoms with Crippen molar-refractivity contribution in [3.63, 3.8) is 0 Å². The second kappa shape index (κ2) is 7.85. The fraction of sp³-hybridized carbons (Fsp3) is 0.417. The molecular weight excluding hydrogens is 271 g/mol. The van der Waals surface area contributed by atoms with E-state index in [2.05, 4.69) is 5.32 Å². The van der Waals surface area contributed by atoms with E-state index in [9.17, 15) is 13.4 Å². The number of hydrogen-bond donors (Lipinski definition) is 2. The number of nitrogen functional groups attached to an aromatic ring is 1. The molecule has 0 fully saturated rings. The Kier molecular flexibility index (Phi) is 6.44. The third-order valence-corrected chi connectivity index (χ3v) is 3.65. The quantitative estimate of drug-likeness (QED) is 0.571. The van der Waals surface area contributed by atoms with E-state index in [0.717, 1.165) is 6.07 Å². The molecule has 0 aliphatic rings. The molecule has 0 bridgehead atoms. The summed E-state index contributed by atoms with van der Waals surface area (Å²) in [4.78, 5) is 11.7. The maximum atomic E-state index is 13.2. The molecule has 0 saturated carbocycles. The summed E-state index contributed by atoms with van der Waals surface area (Å²) >= 11 is 0. The molecule has 1 aromatic rings. The molecule has 7 heteroatoms. The van der Waals surface area contributed by atoms with Crippen LogP contribution in [0.25, 0.3) is 0 Å². The average Bonchev–Trinajstić information content (AvgIpc) is 2.38. The van der Waals surface area contributed by atoms with Crippen molar-refractivity contribution in [2.24, 2.45) is 0 Å². The summed E-state index contributed by atoms with van der Waals surface area (Å²) in [6, 6.07) is 3.87. The van der Waals surface area contributed by atoms with E-state index >= 15 is 0 Å². The highest BCUT2D eigenvalue weighted by Gasteiger charge is 2.11. The molecule has 1 aromatic carbocycles. The normalized spacial score (nSPS) is 12.1. The Bertz CT molecular complexity index is 468. The summed E-state index contributed by atoms with van der Waals surface area (Å²) in [7, 11) is -0.00218. The van der Waals surface area contributed by atoms with Crippen LogP contribution in [0.2, 0.25) is 0 Å². The second-order valence-corrected chi connectivity index (χ2v) is 5.32. The SMILES string of the molecule is COCCCNC(=O)CS(=O)c1ccc(N)c(F)c1. The maximum Gasteiger partial charge on any atom is 0.233 e. The smallest absolute Gasteiger partial charge is 0.233 e. The van der Waals surface area contributed by atoms with Gasteiger partial charge in [-0.1, -0.05) is 0 Å². The molecule has 1 rings (SSSR count). The van der Waals surface area contributed by atoms with Crippen LogP contribution in [0.3, 0.4) is 0 Å². The number of ether oxygens (including phenoxy) is 1. The molecule has 0 aliphatic heterocycles. The number of halogens is 1. The van der Waals surface area contributed by atoms with Gasteiger partial charge in [-0.15, -0.1) is 0 Å². The van der Waals surface area contributed by atoms with E-state index in [1.165, 1.54) is 12.1 Å². The maximum absolute atomic E-state index is 13.2. The highest BCUT2D eigenvalue weighted by atomic mass is 32.2. The summed E-state index contributed by atoms with van der Waals surface area (Å²) in [5.74, 6) is -1.17. The molecule has 0 saturated heterocycles. The number of nitrogens with two attached hydrogens (primary N) is 1. The third kappa shape index (κ3) is 5.35. The van der Waals surface area contributed by atoms with E-state index in [1.807, 2.05) is 0 Å². The van der Waals surface area contributed by atoms with Crippen LogP contribution in [0.5, 0.6) is 0 Å². The molecule has 0 heterocycles. The van der Waals surface area contributed by atoms with Crippen molar-refractivity contribution in [1.82, 2.24) is 5.32 Å². The molecule has 0 spiro atoms. The first-order valence-electron chi connectivity index (χ1n) is 5.73. The number of methoxy groups -OCH3 is 1. The summed E-state index contributed by atoms with van der Waals surface area (Å²) < 4.78 is 29.8. The molecule has 1 unspecified atom stereocenters. The van der Waals surface area contributed by atoms with Crippen molar-refractivity contribution in [2.75, 3.05) is 31.7 Å². The Morgan fingerprint density at radius 1 is 1.53 bits per heavy atom. The summed E-state index contributed by atoms with van der Waals surface area (Å²) in [5.41, 5.74) is 5.31. The Morgan fingerprint density at radius 3 is 2.89 bits per heavy atom. The first-order chi connectivity index (χ1) is 9.04. The number of hydrogen-bond acceptors (Lipinski definition) is 4. The minimum Gasteiger partial charge on any atom is -0.396 e. The van der Waals surface area contributed by atoms with Crippen LogP contribution >= 0.6 is 0 Å². The molecular formula is C12H17FN2O3S. The van der Waals surface area contributed by atoms with Gasteiger partial charge in [-0.25, -0.2) is 4.39 Å². The lowest BCUT2D eigenvalue weighted by molar-refractivity contribution is -0.118. The van der Waals surface area contributed by atoms with E-state index in [1.54, 1.807) is 7.11 Å². The monoisotopic (exact) mass is 288 g/mol. The van der Waals surface area contributed by atoms with Gasteiger partial charge in [0.2, 0.25) is 5.91 Å². The second-order valence-electron chi connectivity index (χ2n) is 3.87. The number of nitrogens with one attached hydrogen (secondary N) is 1. The van der Waals surface area contributed by atoms with Crippen LogP contribution in [0.4, 0.5) is 10.1 Å². The lowest BCUT2D eigenvalue weighted by Crippen LogP contribution is -2.29. The molecule has 19 heavy (non-hydrogen) atoms. The first-order valence-corrected chi connectivity index (χ1v) is 7.05. The van der Waals surface area contributed by atoms with Gasteiger partial charge in [0.15, 0.2) is 0 Å². The predicted molar refractivity (Wildman–Crippen MR) is 71.6 cm³/mol. The molecule has 1 atom stereocenters. The fourth-order valence-corrected chi connectivity index (χ4v) is 2.31. The molecule has 3 N–H and O–H groups in total. The standard InChI is InChI=1S/C12H17FN2O3S/c1-18-6-2-5-15-12(16)8-19(17)9-3-4-11(14)10(13)7-9/h3-4,7H,2,5-6,8,14H2,1H3,(H,15,16). The Hall–Kier alpha value is -1.47. The van der Waals surface area contributed by atoms with Crippen molar-refractivity contribution in [3.05, 3.63) is 24.0 Å². The van der Waals surface area contributed by atoms with Gasteiger partial charge in [-0.2, -0.15) is 0 Å². The number of anilines is 1. The van der Waals surface area contributed by atoms with Crippen LogP contribution in [0, 0.1) is 5.82 Å². The summed E-state index contributed by atoms with van der Waals surface area (Å²) in [5, 5.41) is 2.61. The van der Waals surface area contributed by atoms with Crippen LogP contribution in [-0.4, -0.2) is 36.1 Å². The first kappa shape index (κ1) is 15.6. The van der Waals surface area contributed by atoms with Crippen molar-refractivity contribution in [1.29, 1.82) is 0 Å². The Morgan fingerprint density at radius 2 is 2.26 bits per heavy atom. The molecule has 0 aliphatic carbocycles. The lowest BCUT2D eigenvalue weighted by atomic mass is 10.3. The molecule has 1 amide bonds. The molecule has 5 nitrogen and oxygen atoms in total. The molecule has 0 radical (unpaired) electrons. The van der Waals surface area contributed by atoms with Crippen LogP contribution in [0.15, 0.2) is 23.1 Å². The van der Waals surface area contributed by atoms with Crippen molar-refractivity contribution in [2.45, 2.75) is 11.3 Å². The Balaban J connectivity index is 2.45.